The highest BCUT2D eigenvalue weighted by molar-refractivity contribution is 5.99. The Labute approximate surface area is 374 Å². The first kappa shape index (κ1) is 46.8. The van der Waals surface area contributed by atoms with Gasteiger partial charge in [-0.05, 0) is 72.9 Å². The Hall–Kier alpha value is -4.70. The van der Waals surface area contributed by atoms with Crippen LogP contribution in [0.1, 0.15) is 115 Å². The second-order valence-electron chi connectivity index (χ2n) is 15.4. The number of carbonyl (C=O) groups is 6. The highest BCUT2D eigenvalue weighted by Crippen LogP contribution is 2.30. The number of amides is 5. The summed E-state index contributed by atoms with van der Waals surface area (Å²) in [5.41, 5.74) is 3.28. The molecule has 0 unspecified atom stereocenters. The lowest BCUT2D eigenvalue weighted by molar-refractivity contribution is -0.128. The molecule has 0 spiro atoms. The van der Waals surface area contributed by atoms with Gasteiger partial charge in [0.25, 0.3) is 11.8 Å². The van der Waals surface area contributed by atoms with E-state index in [1.165, 1.54) is 49.7 Å². The second kappa shape index (κ2) is 31.2. The molecule has 346 valence electrons. The van der Waals surface area contributed by atoms with Crippen molar-refractivity contribution in [2.75, 3.05) is 74.4 Å². The molecule has 5 amide bonds. The standard InChI is InChI=1S/C24H36N2O5.C22H33N3O5.CH4/c1-30-15-4-7-21(27)12-13-22(24(29)25-14-16-31-2)26-23(28)20-10-8-19(9-11-20)17-18-5-3-6-18;1-29-12-10-23-20(26)15-19(22(28)24-11-13-30-2)25-21(27)18-8-6-17(7-9-18)14-16-4-3-5-16;/h8-11,18,22H,3-7,12-17H2,1-2H3,(H,25,29)(H,26,28);6-9,16,19H,3-5,10-15H2,1-2H3,(H,23,26)(H,24,28)(H,25,27);1H4/t22-;19-;/m00./s1/i2*1D,2D;. The topological polar surface area (TPSA) is 199 Å². The van der Waals surface area contributed by atoms with Crippen LogP contribution in [-0.2, 0) is 51.0 Å². The van der Waals surface area contributed by atoms with Crippen molar-refractivity contribution in [3.8, 4) is 0 Å². The number of hydrogen-bond acceptors (Lipinski definition) is 10. The van der Waals surface area contributed by atoms with Crippen LogP contribution in [0.15, 0.2) is 48.5 Å². The third-order valence-corrected chi connectivity index (χ3v) is 10.7. The fraction of sp³-hybridized carbons (Fsp3) is 0.617. The van der Waals surface area contributed by atoms with Crippen LogP contribution in [0, 0.1) is 11.8 Å². The number of ketones is 1. The molecule has 2 saturated carbocycles. The largest absolute Gasteiger partial charge is 0.385 e. The number of Topliss-reactive ketones (excluding diaryl/α,β-unsaturated/α-hetero) is 1. The average molecular weight is 872 g/mol. The number of rotatable bonds is 28. The van der Waals surface area contributed by atoms with Crippen LogP contribution in [0.3, 0.4) is 0 Å². The molecule has 0 saturated heterocycles. The zero-order valence-corrected chi connectivity index (χ0v) is 35.5. The minimum Gasteiger partial charge on any atom is -0.385 e. The predicted molar refractivity (Wildman–Crippen MR) is 239 cm³/mol. The molecule has 15 heteroatoms. The third-order valence-electron chi connectivity index (χ3n) is 10.7. The zero-order valence-electron chi connectivity index (χ0n) is 39.5. The lowest BCUT2D eigenvalue weighted by Crippen LogP contribution is -2.49. The number of ether oxygens (including phenoxy) is 4. The molecule has 2 aliphatic carbocycles. The average Bonchev–Trinajstić information content (AvgIpc) is 3.28. The summed E-state index contributed by atoms with van der Waals surface area (Å²) in [6.07, 6.45) is 10.6. The van der Waals surface area contributed by atoms with Gasteiger partial charge < -0.3 is 45.5 Å². The van der Waals surface area contributed by atoms with E-state index in [1.807, 2.05) is 24.3 Å². The molecule has 2 aromatic carbocycles. The summed E-state index contributed by atoms with van der Waals surface area (Å²) in [5, 5.41) is 13.3. The summed E-state index contributed by atoms with van der Waals surface area (Å²) in [4.78, 5) is 75.0. The molecular formula is C47H73N5O10. The van der Waals surface area contributed by atoms with Gasteiger partial charge in [-0.3, -0.25) is 28.8 Å². The Morgan fingerprint density at radius 1 is 0.597 bits per heavy atom. The lowest BCUT2D eigenvalue weighted by atomic mass is 9.81. The van der Waals surface area contributed by atoms with E-state index in [-0.39, 0.29) is 112 Å². The van der Waals surface area contributed by atoms with Crippen LogP contribution in [0.4, 0.5) is 0 Å². The molecule has 0 aliphatic heterocycles. The number of benzene rings is 2. The normalized spacial score (nSPS) is 15.1. The minimum absolute atomic E-state index is 0. The van der Waals surface area contributed by atoms with Crippen molar-refractivity contribution in [2.24, 2.45) is 11.8 Å². The molecule has 62 heavy (non-hydrogen) atoms. The second-order valence-corrected chi connectivity index (χ2v) is 15.4. The molecule has 2 aromatic rings. The van der Waals surface area contributed by atoms with Gasteiger partial charge in [-0.1, -0.05) is 70.2 Å². The predicted octanol–water partition coefficient (Wildman–Crippen LogP) is 4.35. The molecule has 2 fully saturated rings. The third kappa shape index (κ3) is 20.9. The van der Waals surface area contributed by atoms with Crippen molar-refractivity contribution in [1.82, 2.24) is 26.6 Å². The van der Waals surface area contributed by atoms with Crippen molar-refractivity contribution >= 4 is 35.3 Å². The minimum atomic E-state index is -1.06. The molecule has 2 atom stereocenters. The van der Waals surface area contributed by atoms with E-state index in [2.05, 4.69) is 26.6 Å². The van der Waals surface area contributed by atoms with E-state index in [0.29, 0.717) is 30.6 Å². The van der Waals surface area contributed by atoms with Crippen LogP contribution < -0.4 is 26.6 Å². The Morgan fingerprint density at radius 2 is 1.03 bits per heavy atom. The quantitative estimate of drug-likeness (QED) is 0.0767. The highest BCUT2D eigenvalue weighted by atomic mass is 16.5. The van der Waals surface area contributed by atoms with Crippen molar-refractivity contribution in [3.63, 3.8) is 0 Å². The Bertz CT molecular complexity index is 1720. The van der Waals surface area contributed by atoms with Gasteiger partial charge >= 0.3 is 0 Å². The van der Waals surface area contributed by atoms with Gasteiger partial charge in [0, 0.05) is 78.6 Å². The number of carbonyl (C=O) groups excluding carboxylic acids is 6. The summed E-state index contributed by atoms with van der Waals surface area (Å²) in [5.74, 6) is -0.655. The smallest absolute Gasteiger partial charge is 0.251 e. The van der Waals surface area contributed by atoms with Crippen molar-refractivity contribution in [1.29, 1.82) is 0 Å². The molecule has 0 heterocycles. The van der Waals surface area contributed by atoms with Gasteiger partial charge in [-0.15, -0.1) is 0 Å². The van der Waals surface area contributed by atoms with Gasteiger partial charge in [-0.2, -0.15) is 0 Å². The van der Waals surface area contributed by atoms with E-state index < -0.39 is 29.8 Å². The van der Waals surface area contributed by atoms with E-state index in [0.717, 1.165) is 24.7 Å². The van der Waals surface area contributed by atoms with Gasteiger partial charge in [0.1, 0.15) is 17.9 Å². The summed E-state index contributed by atoms with van der Waals surface area (Å²) < 4.78 is 47.3. The highest BCUT2D eigenvalue weighted by Gasteiger charge is 2.26. The van der Waals surface area contributed by atoms with Gasteiger partial charge in [0.15, 0.2) is 0 Å². The van der Waals surface area contributed by atoms with Gasteiger partial charge in [-0.25, -0.2) is 0 Å². The van der Waals surface area contributed by atoms with Crippen LogP contribution in [0.2, 0.25) is 0 Å². The van der Waals surface area contributed by atoms with E-state index in [4.69, 9.17) is 24.4 Å². The van der Waals surface area contributed by atoms with Crippen LogP contribution in [0.25, 0.3) is 0 Å². The fourth-order valence-corrected chi connectivity index (χ4v) is 6.67. The zero-order chi connectivity index (χ0) is 47.1. The summed E-state index contributed by atoms with van der Waals surface area (Å²) in [6.45, 7) is 1.50. The van der Waals surface area contributed by atoms with Crippen molar-refractivity contribution < 1.29 is 53.2 Å². The molecule has 15 nitrogen and oxygen atoms in total. The lowest BCUT2D eigenvalue weighted by Gasteiger charge is -2.25. The Morgan fingerprint density at radius 3 is 1.48 bits per heavy atom. The van der Waals surface area contributed by atoms with Crippen LogP contribution >= 0.6 is 0 Å². The van der Waals surface area contributed by atoms with Crippen LogP contribution in [0.5, 0.6) is 0 Å². The molecule has 2 aliphatic rings. The van der Waals surface area contributed by atoms with Gasteiger partial charge in [0.2, 0.25) is 17.7 Å². The number of nitrogens with one attached hydrogen (secondary N) is 5. The van der Waals surface area contributed by atoms with E-state index >= 15 is 0 Å². The first-order valence-corrected chi connectivity index (χ1v) is 21.2. The maximum atomic E-state index is 12.8. The molecule has 0 bridgehead atoms. The van der Waals surface area contributed by atoms with Crippen molar-refractivity contribution in [3.05, 3.63) is 70.8 Å². The maximum absolute atomic E-state index is 12.8. The monoisotopic (exact) mass is 872 g/mol. The SMILES string of the molecule is C.[2H]COCCCC(=O)CC[C@H](NC(=O)c1ccc(CC2CCC2)cc1)C(=O)NCCOC[2H].[2H]COCCNC(=O)C[C@H](NC(=O)c1ccc(CC2CCC2)cc1)C(=O)NCCOC[2H]. The number of methoxy groups -OCH3 is 4. The fourth-order valence-electron chi connectivity index (χ4n) is 6.67. The van der Waals surface area contributed by atoms with E-state index in [9.17, 15) is 28.8 Å². The van der Waals surface area contributed by atoms with Gasteiger partial charge in [0.05, 0.1) is 31.7 Å². The first-order chi connectivity index (χ1) is 31.6. The molecule has 0 aromatic heterocycles. The maximum Gasteiger partial charge on any atom is 0.251 e. The summed E-state index contributed by atoms with van der Waals surface area (Å²) >= 11 is 0. The molecular weight excluding hydrogens is 795 g/mol. The summed E-state index contributed by atoms with van der Waals surface area (Å²) in [6, 6.07) is 12.9. The summed E-state index contributed by atoms with van der Waals surface area (Å²) in [7, 11) is -0.731. The Kier molecular flexibility index (Phi) is 23.5. The van der Waals surface area contributed by atoms with Crippen LogP contribution in [-0.4, -0.2) is 122 Å². The Balaban J connectivity index is 0.000000447. The molecule has 5 N–H and O–H groups in total. The number of hydrogen-bond donors (Lipinski definition) is 5. The molecule has 0 radical (unpaired) electrons. The van der Waals surface area contributed by atoms with E-state index in [1.54, 1.807) is 24.3 Å². The molecule has 4 rings (SSSR count). The first-order valence-electron chi connectivity index (χ1n) is 24.0. The van der Waals surface area contributed by atoms with Crippen molar-refractivity contribution in [2.45, 2.75) is 103 Å².